The number of ether oxygens (including phenoxy) is 1. The van der Waals surface area contributed by atoms with Crippen LogP contribution in [0.2, 0.25) is 0 Å². The second-order valence-electron chi connectivity index (χ2n) is 4.81. The number of hydrogen-bond acceptors (Lipinski definition) is 3. The molecular formula is C14H22N2O. The van der Waals surface area contributed by atoms with Gasteiger partial charge < -0.3 is 9.64 Å². The molecule has 3 heteroatoms. The fourth-order valence-electron chi connectivity index (χ4n) is 2.46. The van der Waals surface area contributed by atoms with Gasteiger partial charge in [-0.05, 0) is 45.0 Å². The predicted octanol–water partition coefficient (Wildman–Crippen LogP) is 2.22. The number of likely N-dealkylation sites (tertiary alicyclic amines) is 1. The van der Waals surface area contributed by atoms with Crippen LogP contribution >= 0.6 is 0 Å². The summed E-state index contributed by atoms with van der Waals surface area (Å²) in [6, 6.07) is 6.36. The van der Waals surface area contributed by atoms with Crippen LogP contribution in [0.4, 0.5) is 0 Å². The number of aromatic nitrogens is 1. The van der Waals surface area contributed by atoms with Crippen LogP contribution in [0.3, 0.4) is 0 Å². The summed E-state index contributed by atoms with van der Waals surface area (Å²) >= 11 is 0. The lowest BCUT2D eigenvalue weighted by atomic mass is 9.93. The molecular weight excluding hydrogens is 212 g/mol. The van der Waals surface area contributed by atoms with Gasteiger partial charge in [-0.2, -0.15) is 0 Å². The van der Waals surface area contributed by atoms with Crippen LogP contribution in [0.15, 0.2) is 18.2 Å². The van der Waals surface area contributed by atoms with E-state index in [1.807, 2.05) is 0 Å². The quantitative estimate of drug-likeness (QED) is 0.798. The Morgan fingerprint density at radius 2 is 2.12 bits per heavy atom. The zero-order valence-electron chi connectivity index (χ0n) is 10.9. The maximum atomic E-state index is 5.12. The Labute approximate surface area is 104 Å². The molecule has 1 fully saturated rings. The molecule has 2 rings (SSSR count). The Bertz CT molecular complexity index is 346. The smallest absolute Gasteiger partial charge is 0.0589 e. The van der Waals surface area contributed by atoms with E-state index in [1.165, 1.54) is 31.6 Å². The summed E-state index contributed by atoms with van der Waals surface area (Å²) < 4.78 is 5.12. The summed E-state index contributed by atoms with van der Waals surface area (Å²) in [7, 11) is 1.77. The molecule has 1 aromatic rings. The second-order valence-corrected chi connectivity index (χ2v) is 4.81. The fourth-order valence-corrected chi connectivity index (χ4v) is 2.46. The maximum absolute atomic E-state index is 5.12. The van der Waals surface area contributed by atoms with Crippen molar-refractivity contribution in [3.8, 4) is 0 Å². The van der Waals surface area contributed by atoms with Crippen LogP contribution in [-0.4, -0.2) is 43.2 Å². The number of hydrogen-bond donors (Lipinski definition) is 0. The molecule has 1 aliphatic rings. The molecule has 0 aliphatic carbocycles. The third kappa shape index (κ3) is 3.51. The molecule has 2 heterocycles. The van der Waals surface area contributed by atoms with E-state index >= 15 is 0 Å². The van der Waals surface area contributed by atoms with Gasteiger partial charge in [0, 0.05) is 31.0 Å². The molecule has 1 aliphatic heterocycles. The number of nitrogens with zero attached hydrogens (tertiary/aromatic N) is 2. The maximum Gasteiger partial charge on any atom is 0.0589 e. The average Bonchev–Trinajstić information content (AvgIpc) is 2.37. The van der Waals surface area contributed by atoms with Gasteiger partial charge in [0.1, 0.15) is 0 Å². The first-order valence-electron chi connectivity index (χ1n) is 6.44. The van der Waals surface area contributed by atoms with Gasteiger partial charge in [0.05, 0.1) is 6.61 Å². The minimum Gasteiger partial charge on any atom is -0.383 e. The third-order valence-corrected chi connectivity index (χ3v) is 3.53. The molecule has 0 saturated carbocycles. The molecule has 0 radical (unpaired) electrons. The highest BCUT2D eigenvalue weighted by Gasteiger charge is 2.21. The highest BCUT2D eigenvalue weighted by atomic mass is 16.5. The fraction of sp³-hybridized carbons (Fsp3) is 0.643. The van der Waals surface area contributed by atoms with Gasteiger partial charge >= 0.3 is 0 Å². The van der Waals surface area contributed by atoms with E-state index < -0.39 is 0 Å². The molecule has 1 saturated heterocycles. The van der Waals surface area contributed by atoms with Crippen molar-refractivity contribution in [1.82, 2.24) is 9.88 Å². The third-order valence-electron chi connectivity index (χ3n) is 3.53. The van der Waals surface area contributed by atoms with Gasteiger partial charge in [0.25, 0.3) is 0 Å². The van der Waals surface area contributed by atoms with Crippen molar-refractivity contribution in [1.29, 1.82) is 0 Å². The lowest BCUT2D eigenvalue weighted by Gasteiger charge is -2.31. The van der Waals surface area contributed by atoms with Crippen molar-refractivity contribution in [2.75, 3.05) is 33.4 Å². The van der Waals surface area contributed by atoms with Crippen molar-refractivity contribution in [3.63, 3.8) is 0 Å². The molecule has 0 aromatic carbocycles. The zero-order chi connectivity index (χ0) is 12.1. The van der Waals surface area contributed by atoms with Gasteiger partial charge in [0.15, 0.2) is 0 Å². The van der Waals surface area contributed by atoms with Crippen molar-refractivity contribution in [2.24, 2.45) is 0 Å². The number of piperidine rings is 1. The molecule has 0 bridgehead atoms. The summed E-state index contributed by atoms with van der Waals surface area (Å²) in [5, 5.41) is 0. The van der Waals surface area contributed by atoms with Crippen LogP contribution in [0, 0.1) is 6.92 Å². The molecule has 17 heavy (non-hydrogen) atoms. The van der Waals surface area contributed by atoms with E-state index in [9.17, 15) is 0 Å². The standard InChI is InChI=1S/C14H22N2O/c1-12-4-3-5-14(15-12)13-6-8-16(9-7-13)10-11-17-2/h3-5,13H,6-11H2,1-2H3. The Morgan fingerprint density at radius 1 is 1.35 bits per heavy atom. The summed E-state index contributed by atoms with van der Waals surface area (Å²) in [6.07, 6.45) is 2.44. The summed E-state index contributed by atoms with van der Waals surface area (Å²) in [5.74, 6) is 0.647. The van der Waals surface area contributed by atoms with Gasteiger partial charge in [-0.15, -0.1) is 0 Å². The highest BCUT2D eigenvalue weighted by Crippen LogP contribution is 2.26. The largest absolute Gasteiger partial charge is 0.383 e. The zero-order valence-corrected chi connectivity index (χ0v) is 10.9. The van der Waals surface area contributed by atoms with Crippen LogP contribution in [-0.2, 0) is 4.74 Å². The van der Waals surface area contributed by atoms with Crippen molar-refractivity contribution in [2.45, 2.75) is 25.7 Å². The number of rotatable bonds is 4. The number of pyridine rings is 1. The Balaban J connectivity index is 1.86. The van der Waals surface area contributed by atoms with E-state index in [-0.39, 0.29) is 0 Å². The molecule has 0 N–H and O–H groups in total. The van der Waals surface area contributed by atoms with E-state index in [0.717, 1.165) is 18.8 Å². The first-order chi connectivity index (χ1) is 8.29. The van der Waals surface area contributed by atoms with E-state index in [2.05, 4.69) is 35.0 Å². The van der Waals surface area contributed by atoms with Crippen LogP contribution in [0.5, 0.6) is 0 Å². The van der Waals surface area contributed by atoms with Gasteiger partial charge in [0.2, 0.25) is 0 Å². The van der Waals surface area contributed by atoms with Gasteiger partial charge in [-0.25, -0.2) is 0 Å². The minimum atomic E-state index is 0.647. The Hall–Kier alpha value is -0.930. The molecule has 94 valence electrons. The van der Waals surface area contributed by atoms with E-state index in [4.69, 9.17) is 4.74 Å². The average molecular weight is 234 g/mol. The van der Waals surface area contributed by atoms with Crippen molar-refractivity contribution >= 4 is 0 Å². The van der Waals surface area contributed by atoms with Crippen LogP contribution in [0.25, 0.3) is 0 Å². The first kappa shape index (κ1) is 12.5. The summed E-state index contributed by atoms with van der Waals surface area (Å²) in [4.78, 5) is 7.12. The monoisotopic (exact) mass is 234 g/mol. The minimum absolute atomic E-state index is 0.647. The number of aryl methyl sites for hydroxylation is 1. The lowest BCUT2D eigenvalue weighted by Crippen LogP contribution is -2.35. The van der Waals surface area contributed by atoms with Crippen molar-refractivity contribution < 1.29 is 4.74 Å². The first-order valence-corrected chi connectivity index (χ1v) is 6.44. The van der Waals surface area contributed by atoms with Gasteiger partial charge in [-0.3, -0.25) is 4.98 Å². The van der Waals surface area contributed by atoms with E-state index in [0.29, 0.717) is 5.92 Å². The van der Waals surface area contributed by atoms with E-state index in [1.54, 1.807) is 7.11 Å². The highest BCUT2D eigenvalue weighted by molar-refractivity contribution is 5.14. The second kappa shape index (κ2) is 6.12. The molecule has 0 unspecified atom stereocenters. The topological polar surface area (TPSA) is 25.4 Å². The molecule has 0 amide bonds. The lowest BCUT2D eigenvalue weighted by molar-refractivity contribution is 0.130. The predicted molar refractivity (Wildman–Crippen MR) is 69.3 cm³/mol. The number of methoxy groups -OCH3 is 1. The normalized spacial score (nSPS) is 18.5. The van der Waals surface area contributed by atoms with Gasteiger partial charge in [-0.1, -0.05) is 6.07 Å². The van der Waals surface area contributed by atoms with Crippen LogP contribution in [0.1, 0.15) is 30.1 Å². The molecule has 3 nitrogen and oxygen atoms in total. The molecule has 0 spiro atoms. The summed E-state index contributed by atoms with van der Waals surface area (Å²) in [5.41, 5.74) is 2.40. The molecule has 0 atom stereocenters. The summed E-state index contributed by atoms with van der Waals surface area (Å²) in [6.45, 7) is 6.31. The molecule has 1 aromatic heterocycles. The Kier molecular flexibility index (Phi) is 4.51. The Morgan fingerprint density at radius 3 is 2.76 bits per heavy atom. The van der Waals surface area contributed by atoms with Crippen LogP contribution < -0.4 is 0 Å². The SMILES string of the molecule is COCCN1CCC(c2cccc(C)n2)CC1. The van der Waals surface area contributed by atoms with Crippen molar-refractivity contribution in [3.05, 3.63) is 29.6 Å².